The number of benzene rings is 1. The zero-order chi connectivity index (χ0) is 22.7. The molecule has 1 aliphatic heterocycles. The standard InChI is InChI=1S/C18H14ClF5N4O3/c19-12-9(20)3-2-8(13(12)21)14(28-17(29)10-6-26-18(30)27-10)7-1-4-11(25-5-7)31-16(24)15(22)23/h1-5,10,14-16H,6H2,(H,28,29)(H2,26,27,30)/t10?,14-,16?/m1/s1. The third-order valence-electron chi connectivity index (χ3n) is 4.28. The quantitative estimate of drug-likeness (QED) is 0.434. The van der Waals surface area contributed by atoms with E-state index in [-0.39, 0.29) is 17.7 Å². The van der Waals surface area contributed by atoms with Crippen LogP contribution >= 0.6 is 11.6 Å². The molecule has 3 atom stereocenters. The number of urea groups is 1. The SMILES string of the molecule is O=C1NCC(C(=O)N[C@H](c2ccc(OC(F)C(F)F)nc2)c2ccc(F)c(Cl)c2F)N1. The summed E-state index contributed by atoms with van der Waals surface area (Å²) in [5.41, 5.74) is -0.115. The number of amides is 3. The van der Waals surface area contributed by atoms with Gasteiger partial charge >= 0.3 is 12.5 Å². The molecule has 3 amide bonds. The molecule has 1 fully saturated rings. The third-order valence-corrected chi connectivity index (χ3v) is 4.62. The Balaban J connectivity index is 1.91. The average molecular weight is 465 g/mol. The van der Waals surface area contributed by atoms with Crippen LogP contribution in [0.15, 0.2) is 30.5 Å². The van der Waals surface area contributed by atoms with E-state index >= 15 is 0 Å². The first-order valence-electron chi connectivity index (χ1n) is 8.70. The first-order chi connectivity index (χ1) is 14.7. The van der Waals surface area contributed by atoms with Gasteiger partial charge in [-0.25, -0.2) is 27.3 Å². The second kappa shape index (κ2) is 9.33. The molecule has 166 valence electrons. The van der Waals surface area contributed by atoms with Crippen LogP contribution in [0.4, 0.5) is 26.7 Å². The highest BCUT2D eigenvalue weighted by atomic mass is 35.5. The van der Waals surface area contributed by atoms with Gasteiger partial charge in [-0.05, 0) is 17.7 Å². The van der Waals surface area contributed by atoms with Crippen molar-refractivity contribution in [2.75, 3.05) is 6.54 Å². The second-order valence-electron chi connectivity index (χ2n) is 6.35. The molecule has 0 saturated carbocycles. The highest BCUT2D eigenvalue weighted by molar-refractivity contribution is 6.31. The van der Waals surface area contributed by atoms with Crippen LogP contribution in [0.1, 0.15) is 17.2 Å². The summed E-state index contributed by atoms with van der Waals surface area (Å²) in [7, 11) is 0. The molecule has 13 heteroatoms. The minimum Gasteiger partial charge on any atom is -0.437 e. The van der Waals surface area contributed by atoms with E-state index in [1.165, 1.54) is 6.07 Å². The normalized spacial score (nSPS) is 17.6. The summed E-state index contributed by atoms with van der Waals surface area (Å²) in [6.45, 7) is -0.0272. The molecule has 0 spiro atoms. The van der Waals surface area contributed by atoms with E-state index < -0.39 is 59.3 Å². The molecule has 31 heavy (non-hydrogen) atoms. The van der Waals surface area contributed by atoms with Gasteiger partial charge in [0.05, 0.1) is 6.04 Å². The van der Waals surface area contributed by atoms with Gasteiger partial charge in [-0.3, -0.25) is 4.79 Å². The van der Waals surface area contributed by atoms with E-state index in [9.17, 15) is 31.5 Å². The van der Waals surface area contributed by atoms with Gasteiger partial charge in [0.2, 0.25) is 11.8 Å². The van der Waals surface area contributed by atoms with Gasteiger partial charge in [-0.1, -0.05) is 17.7 Å². The van der Waals surface area contributed by atoms with Crippen LogP contribution < -0.4 is 20.7 Å². The van der Waals surface area contributed by atoms with Crippen molar-refractivity contribution < 1.29 is 36.3 Å². The van der Waals surface area contributed by atoms with E-state index in [4.69, 9.17) is 11.6 Å². The first kappa shape index (κ1) is 22.5. The van der Waals surface area contributed by atoms with Gasteiger partial charge in [0.1, 0.15) is 22.7 Å². The number of hydrogen-bond donors (Lipinski definition) is 3. The van der Waals surface area contributed by atoms with Crippen LogP contribution in [0.2, 0.25) is 5.02 Å². The Morgan fingerprint density at radius 2 is 1.97 bits per heavy atom. The van der Waals surface area contributed by atoms with Gasteiger partial charge in [0.15, 0.2) is 0 Å². The van der Waals surface area contributed by atoms with Crippen molar-refractivity contribution in [3.05, 3.63) is 58.2 Å². The van der Waals surface area contributed by atoms with Crippen LogP contribution in [0.3, 0.4) is 0 Å². The summed E-state index contributed by atoms with van der Waals surface area (Å²) in [6.07, 6.45) is -5.26. The largest absolute Gasteiger partial charge is 0.437 e. The van der Waals surface area contributed by atoms with Crippen molar-refractivity contribution in [2.45, 2.75) is 24.9 Å². The highest BCUT2D eigenvalue weighted by Gasteiger charge is 2.31. The van der Waals surface area contributed by atoms with Crippen LogP contribution in [-0.2, 0) is 4.79 Å². The molecule has 1 aromatic carbocycles. The molecule has 0 aliphatic carbocycles. The summed E-state index contributed by atoms with van der Waals surface area (Å²) in [4.78, 5) is 27.5. The Hall–Kier alpha value is -3.15. The molecule has 2 aromatic rings. The molecule has 0 radical (unpaired) electrons. The lowest BCUT2D eigenvalue weighted by atomic mass is 9.99. The zero-order valence-electron chi connectivity index (χ0n) is 15.3. The number of hydrogen-bond acceptors (Lipinski definition) is 4. The van der Waals surface area contributed by atoms with E-state index in [2.05, 4.69) is 25.7 Å². The van der Waals surface area contributed by atoms with Crippen molar-refractivity contribution in [3.63, 3.8) is 0 Å². The minimum absolute atomic E-state index is 0.0272. The summed E-state index contributed by atoms with van der Waals surface area (Å²) < 4.78 is 70.2. The van der Waals surface area contributed by atoms with Crippen molar-refractivity contribution in [3.8, 4) is 5.88 Å². The molecule has 2 unspecified atom stereocenters. The van der Waals surface area contributed by atoms with Crippen LogP contribution in [0.5, 0.6) is 5.88 Å². The average Bonchev–Trinajstić information content (AvgIpc) is 3.18. The number of ether oxygens (including phenoxy) is 1. The Morgan fingerprint density at radius 1 is 1.23 bits per heavy atom. The van der Waals surface area contributed by atoms with Crippen LogP contribution in [0, 0.1) is 11.6 Å². The summed E-state index contributed by atoms with van der Waals surface area (Å²) in [5.74, 6) is -3.36. The number of carbonyl (C=O) groups excluding carboxylic acids is 2. The number of rotatable bonds is 7. The molecule has 1 aromatic heterocycles. The Labute approximate surface area is 176 Å². The first-order valence-corrected chi connectivity index (χ1v) is 9.08. The molecule has 1 aliphatic rings. The predicted octanol–water partition coefficient (Wildman–Crippen LogP) is 2.84. The molecule has 3 N–H and O–H groups in total. The van der Waals surface area contributed by atoms with Crippen molar-refractivity contribution in [2.24, 2.45) is 0 Å². The lowest BCUT2D eigenvalue weighted by molar-refractivity contribution is -0.122. The number of nitrogens with one attached hydrogen (secondary N) is 3. The summed E-state index contributed by atoms with van der Waals surface area (Å²) >= 11 is 5.63. The molecule has 2 heterocycles. The highest BCUT2D eigenvalue weighted by Crippen LogP contribution is 2.30. The van der Waals surface area contributed by atoms with Crippen molar-refractivity contribution in [1.82, 2.24) is 20.9 Å². The molecule has 0 bridgehead atoms. The van der Waals surface area contributed by atoms with Crippen molar-refractivity contribution >= 4 is 23.5 Å². The Kier molecular flexibility index (Phi) is 6.78. The van der Waals surface area contributed by atoms with E-state index in [0.717, 1.165) is 24.4 Å². The number of carbonyl (C=O) groups is 2. The number of nitrogens with zero attached hydrogens (tertiary/aromatic N) is 1. The molecule has 7 nitrogen and oxygen atoms in total. The van der Waals surface area contributed by atoms with Gasteiger partial charge < -0.3 is 20.7 Å². The van der Waals surface area contributed by atoms with Gasteiger partial charge in [-0.15, -0.1) is 0 Å². The Morgan fingerprint density at radius 3 is 2.55 bits per heavy atom. The molecular weight excluding hydrogens is 451 g/mol. The second-order valence-corrected chi connectivity index (χ2v) is 6.72. The number of alkyl halides is 3. The monoisotopic (exact) mass is 464 g/mol. The summed E-state index contributed by atoms with van der Waals surface area (Å²) in [5, 5.41) is 6.41. The van der Waals surface area contributed by atoms with E-state index in [1.54, 1.807) is 0 Å². The van der Waals surface area contributed by atoms with Gasteiger partial charge in [0.25, 0.3) is 6.36 Å². The summed E-state index contributed by atoms with van der Waals surface area (Å²) in [6, 6.07) is 1.38. The fourth-order valence-electron chi connectivity index (χ4n) is 2.76. The van der Waals surface area contributed by atoms with Crippen LogP contribution in [-0.4, -0.2) is 42.3 Å². The smallest absolute Gasteiger partial charge is 0.315 e. The number of pyridine rings is 1. The zero-order valence-corrected chi connectivity index (χ0v) is 16.1. The lowest BCUT2D eigenvalue weighted by Crippen LogP contribution is -2.44. The third kappa shape index (κ3) is 5.13. The van der Waals surface area contributed by atoms with Crippen LogP contribution in [0.25, 0.3) is 0 Å². The molecular formula is C18H14ClF5N4O3. The lowest BCUT2D eigenvalue weighted by Gasteiger charge is -2.22. The van der Waals surface area contributed by atoms with Crippen molar-refractivity contribution in [1.29, 1.82) is 0 Å². The van der Waals surface area contributed by atoms with Gasteiger partial charge in [0, 0.05) is 24.4 Å². The fourth-order valence-corrected chi connectivity index (χ4v) is 2.93. The fraction of sp³-hybridized carbons (Fsp3) is 0.278. The maximum Gasteiger partial charge on any atom is 0.315 e. The Bertz CT molecular complexity index is 979. The maximum absolute atomic E-state index is 14.6. The molecule has 3 rings (SSSR count). The van der Waals surface area contributed by atoms with Gasteiger partial charge in [-0.2, -0.15) is 4.39 Å². The number of aromatic nitrogens is 1. The van der Waals surface area contributed by atoms with E-state index in [0.29, 0.717) is 0 Å². The maximum atomic E-state index is 14.6. The minimum atomic E-state index is -3.39. The topological polar surface area (TPSA) is 92.4 Å². The molecule has 1 saturated heterocycles. The predicted molar refractivity (Wildman–Crippen MR) is 97.4 cm³/mol. The number of halogens is 6. The van der Waals surface area contributed by atoms with E-state index in [1.807, 2.05) is 0 Å².